The third kappa shape index (κ3) is 2.80. The normalized spacial score (nSPS) is 12.8. The molecule has 0 fully saturated rings. The summed E-state index contributed by atoms with van der Waals surface area (Å²) in [5.74, 6) is 6.40. The number of nitrogens with zero attached hydrogens (tertiary/aromatic N) is 3. The van der Waals surface area contributed by atoms with E-state index in [0.717, 1.165) is 35.2 Å². The monoisotopic (exact) mass is 282 g/mol. The number of aryl methyl sites for hydroxylation is 2. The van der Waals surface area contributed by atoms with Crippen LogP contribution in [0.1, 0.15) is 37.1 Å². The van der Waals surface area contributed by atoms with E-state index in [-0.39, 0.29) is 6.04 Å². The van der Waals surface area contributed by atoms with E-state index in [0.29, 0.717) is 6.42 Å². The molecule has 0 aromatic carbocycles. The van der Waals surface area contributed by atoms with Crippen LogP contribution in [0.3, 0.4) is 0 Å². The van der Waals surface area contributed by atoms with Gasteiger partial charge in [0.15, 0.2) is 0 Å². The highest BCUT2D eigenvalue weighted by atomic mass is 35.5. The summed E-state index contributed by atoms with van der Waals surface area (Å²) in [5.41, 5.74) is 4.68. The zero-order valence-electron chi connectivity index (χ0n) is 11.2. The maximum atomic E-state index is 6.39. The van der Waals surface area contributed by atoms with Crippen LogP contribution in [0, 0.1) is 0 Å². The number of hydrazine groups is 1. The van der Waals surface area contributed by atoms with E-state index in [1.807, 2.05) is 18.5 Å². The molecule has 2 aromatic heterocycles. The molecule has 0 saturated heterocycles. The molecule has 0 saturated carbocycles. The molecule has 0 aliphatic rings. The van der Waals surface area contributed by atoms with Crippen LogP contribution in [0.2, 0.25) is 5.02 Å². The molecule has 1 unspecified atom stereocenters. The number of H-pyrrole nitrogens is 1. The first-order chi connectivity index (χ1) is 9.21. The third-order valence-corrected chi connectivity index (χ3v) is 3.58. The van der Waals surface area contributed by atoms with Gasteiger partial charge in [0.25, 0.3) is 0 Å². The predicted molar refractivity (Wildman–Crippen MR) is 74.6 cm³/mol. The van der Waals surface area contributed by atoms with E-state index in [1.54, 1.807) is 12.4 Å². The fourth-order valence-electron chi connectivity index (χ4n) is 2.11. The van der Waals surface area contributed by atoms with E-state index in [1.165, 1.54) is 0 Å². The topological polar surface area (TPSA) is 84.6 Å². The molecule has 104 valence electrons. The predicted octanol–water partition coefficient (Wildman–Crippen LogP) is 1.59. The summed E-state index contributed by atoms with van der Waals surface area (Å²) in [6.07, 6.45) is 4.94. The van der Waals surface area contributed by atoms with Crippen LogP contribution in [-0.4, -0.2) is 19.7 Å². The number of hydrogen-bond donors (Lipinski definition) is 3. The Bertz CT molecular complexity index is 519. The van der Waals surface area contributed by atoms with E-state index >= 15 is 0 Å². The Kier molecular flexibility index (Phi) is 4.57. The lowest BCUT2D eigenvalue weighted by atomic mass is 10.1. The van der Waals surface area contributed by atoms with Crippen molar-refractivity contribution in [1.29, 1.82) is 0 Å². The van der Waals surface area contributed by atoms with Crippen molar-refractivity contribution in [3.63, 3.8) is 0 Å². The molecule has 4 N–H and O–H groups in total. The Balaban J connectivity index is 2.29. The molecule has 6 nitrogen and oxygen atoms in total. The Labute approximate surface area is 117 Å². The van der Waals surface area contributed by atoms with Crippen LogP contribution >= 0.6 is 11.6 Å². The molecule has 0 radical (unpaired) electrons. The standard InChI is InChI=1S/C12H19ClN6/c1-3-8-11(13)10(19(4-2)18-8)7-9(17-14)12-15-5-6-16-12/h5-6,9,17H,3-4,7,14H2,1-2H3,(H,15,16). The van der Waals surface area contributed by atoms with Crippen LogP contribution < -0.4 is 11.3 Å². The first-order valence-corrected chi connectivity index (χ1v) is 6.78. The van der Waals surface area contributed by atoms with E-state index in [4.69, 9.17) is 17.4 Å². The van der Waals surface area contributed by atoms with Crippen LogP contribution in [0.25, 0.3) is 0 Å². The van der Waals surface area contributed by atoms with E-state index in [2.05, 4.69) is 20.5 Å². The van der Waals surface area contributed by atoms with Crippen LogP contribution in [0.15, 0.2) is 12.4 Å². The minimum absolute atomic E-state index is 0.112. The maximum Gasteiger partial charge on any atom is 0.124 e. The van der Waals surface area contributed by atoms with Gasteiger partial charge in [0.2, 0.25) is 0 Å². The van der Waals surface area contributed by atoms with Crippen LogP contribution in [-0.2, 0) is 19.4 Å². The average molecular weight is 283 g/mol. The fourth-order valence-corrected chi connectivity index (χ4v) is 2.45. The molecular weight excluding hydrogens is 264 g/mol. The summed E-state index contributed by atoms with van der Waals surface area (Å²) in [6, 6.07) is -0.112. The van der Waals surface area contributed by atoms with Crippen LogP contribution in [0.4, 0.5) is 0 Å². The van der Waals surface area contributed by atoms with Gasteiger partial charge in [-0.05, 0) is 13.3 Å². The van der Waals surface area contributed by atoms with Crippen molar-refractivity contribution in [2.24, 2.45) is 5.84 Å². The number of aromatic nitrogens is 4. The molecule has 2 rings (SSSR count). The minimum Gasteiger partial charge on any atom is -0.347 e. The molecule has 0 aliphatic heterocycles. The Morgan fingerprint density at radius 2 is 2.32 bits per heavy atom. The van der Waals surface area contributed by atoms with Crippen molar-refractivity contribution in [3.8, 4) is 0 Å². The highest BCUT2D eigenvalue weighted by molar-refractivity contribution is 6.31. The largest absolute Gasteiger partial charge is 0.347 e. The van der Waals surface area contributed by atoms with Gasteiger partial charge in [-0.3, -0.25) is 10.5 Å². The summed E-state index contributed by atoms with van der Waals surface area (Å²) in [7, 11) is 0. The summed E-state index contributed by atoms with van der Waals surface area (Å²) in [5, 5.41) is 5.23. The van der Waals surface area contributed by atoms with Crippen molar-refractivity contribution >= 4 is 11.6 Å². The van der Waals surface area contributed by atoms with Gasteiger partial charge in [-0.2, -0.15) is 5.10 Å². The van der Waals surface area contributed by atoms with Gasteiger partial charge in [0.1, 0.15) is 5.82 Å². The lowest BCUT2D eigenvalue weighted by Gasteiger charge is -2.14. The molecule has 1 atom stereocenters. The van der Waals surface area contributed by atoms with Crippen LogP contribution in [0.5, 0.6) is 0 Å². The first-order valence-electron chi connectivity index (χ1n) is 6.40. The number of imidazole rings is 1. The molecule has 0 amide bonds. The fraction of sp³-hybridized carbons (Fsp3) is 0.500. The second kappa shape index (κ2) is 6.18. The minimum atomic E-state index is -0.112. The number of halogens is 1. The van der Waals surface area contributed by atoms with Gasteiger partial charge >= 0.3 is 0 Å². The lowest BCUT2D eigenvalue weighted by molar-refractivity contribution is 0.499. The Hall–Kier alpha value is -1.37. The highest BCUT2D eigenvalue weighted by Crippen LogP contribution is 2.25. The maximum absolute atomic E-state index is 6.39. The summed E-state index contributed by atoms with van der Waals surface area (Å²) >= 11 is 6.39. The molecular formula is C12H19ClN6. The zero-order valence-corrected chi connectivity index (χ0v) is 11.9. The molecule has 19 heavy (non-hydrogen) atoms. The lowest BCUT2D eigenvalue weighted by Crippen LogP contribution is -2.31. The van der Waals surface area contributed by atoms with Gasteiger partial charge in [0, 0.05) is 25.4 Å². The zero-order chi connectivity index (χ0) is 13.8. The summed E-state index contributed by atoms with van der Waals surface area (Å²) in [6.45, 7) is 4.87. The third-order valence-electron chi connectivity index (χ3n) is 3.14. The number of nitrogens with two attached hydrogens (primary N) is 1. The molecule has 2 heterocycles. The van der Waals surface area contributed by atoms with Crippen molar-refractivity contribution in [2.75, 3.05) is 0 Å². The van der Waals surface area contributed by atoms with Crippen molar-refractivity contribution < 1.29 is 0 Å². The number of aromatic amines is 1. The van der Waals surface area contributed by atoms with Gasteiger partial charge in [-0.1, -0.05) is 18.5 Å². The van der Waals surface area contributed by atoms with Gasteiger partial charge in [0.05, 0.1) is 22.5 Å². The Morgan fingerprint density at radius 3 is 2.84 bits per heavy atom. The van der Waals surface area contributed by atoms with Gasteiger partial charge in [-0.25, -0.2) is 10.4 Å². The molecule has 2 aromatic rings. The van der Waals surface area contributed by atoms with E-state index < -0.39 is 0 Å². The van der Waals surface area contributed by atoms with Gasteiger partial charge < -0.3 is 4.98 Å². The molecule has 0 aliphatic carbocycles. The Morgan fingerprint density at radius 1 is 1.53 bits per heavy atom. The smallest absolute Gasteiger partial charge is 0.124 e. The summed E-state index contributed by atoms with van der Waals surface area (Å²) < 4.78 is 1.93. The molecule has 7 heteroatoms. The number of hydrogen-bond acceptors (Lipinski definition) is 4. The quantitative estimate of drug-likeness (QED) is 0.555. The first kappa shape index (κ1) is 14.0. The number of rotatable bonds is 6. The van der Waals surface area contributed by atoms with Crippen molar-refractivity contribution in [3.05, 3.63) is 34.6 Å². The second-order valence-corrected chi connectivity index (χ2v) is 4.65. The SMILES string of the molecule is CCc1nn(CC)c(CC(NN)c2ncc[nH]2)c1Cl. The molecule has 0 spiro atoms. The average Bonchev–Trinajstić information content (AvgIpc) is 3.04. The van der Waals surface area contributed by atoms with Crippen molar-refractivity contribution in [2.45, 2.75) is 39.3 Å². The van der Waals surface area contributed by atoms with Gasteiger partial charge in [-0.15, -0.1) is 0 Å². The van der Waals surface area contributed by atoms with Crippen molar-refractivity contribution in [1.82, 2.24) is 25.2 Å². The summed E-state index contributed by atoms with van der Waals surface area (Å²) in [4.78, 5) is 7.28. The van der Waals surface area contributed by atoms with E-state index in [9.17, 15) is 0 Å². The second-order valence-electron chi connectivity index (χ2n) is 4.27. The number of nitrogens with one attached hydrogen (secondary N) is 2. The highest BCUT2D eigenvalue weighted by Gasteiger charge is 2.20. The molecule has 0 bridgehead atoms.